The minimum absolute atomic E-state index is 0.0346. The summed E-state index contributed by atoms with van der Waals surface area (Å²) in [5.74, 6) is 1.66. The zero-order valence-electron chi connectivity index (χ0n) is 12.7. The molecule has 0 unspecified atom stereocenters. The highest BCUT2D eigenvalue weighted by Crippen LogP contribution is 2.40. The molecule has 0 radical (unpaired) electrons. The third-order valence-electron chi connectivity index (χ3n) is 4.78. The van der Waals surface area contributed by atoms with Gasteiger partial charge in [-0.05, 0) is 30.9 Å². The van der Waals surface area contributed by atoms with Crippen molar-refractivity contribution in [3.05, 3.63) is 48.8 Å². The van der Waals surface area contributed by atoms with E-state index in [9.17, 15) is 4.79 Å². The van der Waals surface area contributed by atoms with E-state index >= 15 is 0 Å². The van der Waals surface area contributed by atoms with Gasteiger partial charge in [-0.2, -0.15) is 0 Å². The van der Waals surface area contributed by atoms with Crippen LogP contribution in [0.5, 0.6) is 5.75 Å². The van der Waals surface area contributed by atoms with E-state index in [4.69, 9.17) is 4.74 Å². The molecule has 118 valence electrons. The molecule has 0 bridgehead atoms. The smallest absolute Gasteiger partial charge is 0.274 e. The molecule has 6 heteroatoms. The number of rotatable bonds is 3. The molecule has 23 heavy (non-hydrogen) atoms. The summed E-state index contributed by atoms with van der Waals surface area (Å²) in [6.07, 6.45) is 10.4. The summed E-state index contributed by atoms with van der Waals surface area (Å²) < 4.78 is 6.09. The summed E-state index contributed by atoms with van der Waals surface area (Å²) in [4.78, 5) is 26.6. The Kier molecular flexibility index (Phi) is 3.65. The molecule has 1 aliphatic heterocycles. The van der Waals surface area contributed by atoms with E-state index in [-0.39, 0.29) is 12.0 Å². The molecule has 6 nitrogen and oxygen atoms in total. The second kappa shape index (κ2) is 5.95. The van der Waals surface area contributed by atoms with Crippen molar-refractivity contribution < 1.29 is 9.53 Å². The van der Waals surface area contributed by atoms with Crippen molar-refractivity contribution in [1.29, 1.82) is 0 Å². The van der Waals surface area contributed by atoms with Gasteiger partial charge in [-0.1, -0.05) is 0 Å². The lowest BCUT2D eigenvalue weighted by atomic mass is 9.99. The molecule has 4 rings (SSSR count). The topological polar surface area (TPSA) is 68.2 Å². The molecule has 1 saturated heterocycles. The summed E-state index contributed by atoms with van der Waals surface area (Å²) in [5.41, 5.74) is 0.414. The maximum Gasteiger partial charge on any atom is 0.274 e. The van der Waals surface area contributed by atoms with Crippen LogP contribution in [0.2, 0.25) is 0 Å². The Hall–Kier alpha value is -2.50. The second-order valence-corrected chi connectivity index (χ2v) is 6.15. The van der Waals surface area contributed by atoms with Crippen LogP contribution in [0.15, 0.2) is 43.1 Å². The number of nitrogens with zero attached hydrogens (tertiary/aromatic N) is 4. The van der Waals surface area contributed by atoms with Gasteiger partial charge in [-0.15, -0.1) is 0 Å². The number of hydrogen-bond acceptors (Lipinski definition) is 5. The standard InChI is InChI=1S/C17H18N4O2/c22-17(15-9-19-6-7-20-15)21-10-12-3-4-16(14(12)11-21)23-13-2-1-5-18-8-13/h1-2,5-9,12,14,16H,3-4,10-11H2/t12-,14+,16-/m1/s1. The molecule has 2 aromatic heterocycles. The molecule has 2 fully saturated rings. The first-order valence-corrected chi connectivity index (χ1v) is 7.93. The van der Waals surface area contributed by atoms with Gasteiger partial charge in [0.2, 0.25) is 0 Å². The number of amides is 1. The van der Waals surface area contributed by atoms with E-state index in [0.29, 0.717) is 17.5 Å². The van der Waals surface area contributed by atoms with Crippen LogP contribution in [0.25, 0.3) is 0 Å². The fourth-order valence-corrected chi connectivity index (χ4v) is 3.69. The van der Waals surface area contributed by atoms with Crippen molar-refractivity contribution in [3.8, 4) is 5.75 Å². The van der Waals surface area contributed by atoms with Crippen molar-refractivity contribution in [2.45, 2.75) is 18.9 Å². The maximum absolute atomic E-state index is 12.5. The van der Waals surface area contributed by atoms with Gasteiger partial charge >= 0.3 is 0 Å². The summed E-state index contributed by atoms with van der Waals surface area (Å²) in [6, 6.07) is 3.80. The normalized spacial score (nSPS) is 26.1. The number of pyridine rings is 1. The Bertz CT molecular complexity index is 680. The van der Waals surface area contributed by atoms with Gasteiger partial charge in [0.1, 0.15) is 17.5 Å². The predicted molar refractivity (Wildman–Crippen MR) is 82.8 cm³/mol. The quantitative estimate of drug-likeness (QED) is 0.865. The third-order valence-corrected chi connectivity index (χ3v) is 4.78. The van der Waals surface area contributed by atoms with Crippen LogP contribution in [0.4, 0.5) is 0 Å². The molecule has 2 aliphatic rings. The van der Waals surface area contributed by atoms with Crippen molar-refractivity contribution in [2.24, 2.45) is 11.8 Å². The largest absolute Gasteiger partial charge is 0.488 e. The first kappa shape index (κ1) is 14.1. The molecule has 1 aliphatic carbocycles. The van der Waals surface area contributed by atoms with Gasteiger partial charge in [0.25, 0.3) is 5.91 Å². The van der Waals surface area contributed by atoms with Crippen LogP contribution < -0.4 is 4.74 Å². The molecule has 0 N–H and O–H groups in total. The highest BCUT2D eigenvalue weighted by molar-refractivity contribution is 5.92. The molecule has 1 amide bonds. The molecule has 3 atom stereocenters. The monoisotopic (exact) mass is 310 g/mol. The minimum atomic E-state index is -0.0346. The number of aromatic nitrogens is 3. The lowest BCUT2D eigenvalue weighted by molar-refractivity contribution is 0.0756. The van der Waals surface area contributed by atoms with Crippen LogP contribution in [0.1, 0.15) is 23.3 Å². The van der Waals surface area contributed by atoms with Crippen LogP contribution in [0.3, 0.4) is 0 Å². The van der Waals surface area contributed by atoms with Crippen LogP contribution in [-0.2, 0) is 0 Å². The van der Waals surface area contributed by atoms with E-state index < -0.39 is 0 Å². The fraction of sp³-hybridized carbons (Fsp3) is 0.412. The van der Waals surface area contributed by atoms with Gasteiger partial charge in [-0.25, -0.2) is 4.98 Å². The number of carbonyl (C=O) groups excluding carboxylic acids is 1. The first-order chi connectivity index (χ1) is 11.3. The lowest BCUT2D eigenvalue weighted by Gasteiger charge is -2.21. The molecule has 0 spiro atoms. The van der Waals surface area contributed by atoms with Gasteiger partial charge in [-0.3, -0.25) is 14.8 Å². The summed E-state index contributed by atoms with van der Waals surface area (Å²) in [6.45, 7) is 1.51. The van der Waals surface area contributed by atoms with E-state index in [1.807, 2.05) is 17.0 Å². The molecule has 3 heterocycles. The van der Waals surface area contributed by atoms with Gasteiger partial charge in [0, 0.05) is 37.6 Å². The highest BCUT2D eigenvalue weighted by atomic mass is 16.5. The van der Waals surface area contributed by atoms with E-state index in [0.717, 1.165) is 31.7 Å². The van der Waals surface area contributed by atoms with Crippen LogP contribution >= 0.6 is 0 Å². The van der Waals surface area contributed by atoms with Crippen molar-refractivity contribution in [1.82, 2.24) is 19.9 Å². The molecular formula is C17H18N4O2. The average molecular weight is 310 g/mol. The Morgan fingerprint density at radius 3 is 2.83 bits per heavy atom. The Balaban J connectivity index is 1.44. The highest BCUT2D eigenvalue weighted by Gasteiger charge is 2.45. The number of ether oxygens (including phenoxy) is 1. The molecule has 0 aromatic carbocycles. The van der Waals surface area contributed by atoms with Crippen LogP contribution in [-0.4, -0.2) is 45.0 Å². The Labute approximate surface area is 134 Å². The third kappa shape index (κ3) is 2.76. The maximum atomic E-state index is 12.5. The van der Waals surface area contributed by atoms with Crippen molar-refractivity contribution in [3.63, 3.8) is 0 Å². The Morgan fingerprint density at radius 2 is 2.04 bits per heavy atom. The number of likely N-dealkylation sites (tertiary alicyclic amines) is 1. The van der Waals surface area contributed by atoms with Gasteiger partial charge in [0.15, 0.2) is 0 Å². The minimum Gasteiger partial charge on any atom is -0.488 e. The SMILES string of the molecule is O=C(c1cnccn1)N1C[C@H]2CC[C@@H](Oc3cccnc3)[C@H]2C1. The summed E-state index contributed by atoms with van der Waals surface area (Å²) >= 11 is 0. The average Bonchev–Trinajstić information content (AvgIpc) is 3.18. The second-order valence-electron chi connectivity index (χ2n) is 6.15. The zero-order valence-corrected chi connectivity index (χ0v) is 12.7. The lowest BCUT2D eigenvalue weighted by Crippen LogP contribution is -2.33. The van der Waals surface area contributed by atoms with Crippen LogP contribution in [0, 0.1) is 11.8 Å². The van der Waals surface area contributed by atoms with Crippen molar-refractivity contribution in [2.75, 3.05) is 13.1 Å². The number of fused-ring (bicyclic) bond motifs is 1. The van der Waals surface area contributed by atoms with Gasteiger partial charge < -0.3 is 9.64 Å². The Morgan fingerprint density at radius 1 is 1.13 bits per heavy atom. The molecule has 2 aromatic rings. The van der Waals surface area contributed by atoms with E-state index in [2.05, 4.69) is 15.0 Å². The number of carbonyl (C=O) groups is 1. The van der Waals surface area contributed by atoms with Gasteiger partial charge in [0.05, 0.1) is 12.4 Å². The van der Waals surface area contributed by atoms with E-state index in [1.165, 1.54) is 6.20 Å². The van der Waals surface area contributed by atoms with Crippen molar-refractivity contribution >= 4 is 5.91 Å². The molecular weight excluding hydrogens is 292 g/mol. The molecule has 1 saturated carbocycles. The fourth-order valence-electron chi connectivity index (χ4n) is 3.69. The predicted octanol–water partition coefficient (Wildman–Crippen LogP) is 1.80. The summed E-state index contributed by atoms with van der Waals surface area (Å²) in [5, 5.41) is 0. The summed E-state index contributed by atoms with van der Waals surface area (Å²) in [7, 11) is 0. The first-order valence-electron chi connectivity index (χ1n) is 7.93. The zero-order chi connectivity index (χ0) is 15.6. The van der Waals surface area contributed by atoms with E-state index in [1.54, 1.807) is 24.8 Å². The number of hydrogen-bond donors (Lipinski definition) is 0.